The van der Waals surface area contributed by atoms with Gasteiger partial charge in [0.2, 0.25) is 6.41 Å². The highest BCUT2D eigenvalue weighted by Gasteiger charge is 2.17. The normalized spacial score (nSPS) is 12.1. The molecule has 0 saturated carbocycles. The van der Waals surface area contributed by atoms with Crippen LogP contribution in [0.4, 0.5) is 5.69 Å². The second-order valence-corrected chi connectivity index (χ2v) is 9.45. The zero-order valence-corrected chi connectivity index (χ0v) is 23.5. The van der Waals surface area contributed by atoms with Gasteiger partial charge in [0.15, 0.2) is 23.0 Å². The van der Waals surface area contributed by atoms with Crippen LogP contribution in [0.1, 0.15) is 37.8 Å². The number of halogens is 1. The van der Waals surface area contributed by atoms with Crippen molar-refractivity contribution in [2.45, 2.75) is 45.8 Å². The monoisotopic (exact) mass is 605 g/mol. The third-order valence-corrected chi connectivity index (χ3v) is 6.79. The molecule has 1 amide bonds. The first-order valence-electron chi connectivity index (χ1n) is 12.5. The Morgan fingerprint density at radius 3 is 2.50 bits per heavy atom. The summed E-state index contributed by atoms with van der Waals surface area (Å²) in [6.45, 7) is 8.01. The lowest BCUT2D eigenvalue weighted by Gasteiger charge is -2.28. The summed E-state index contributed by atoms with van der Waals surface area (Å²) in [6.07, 6.45) is 4.96. The number of ether oxygens (including phenoxy) is 1. The number of rotatable bonds is 15. The first-order valence-corrected chi connectivity index (χ1v) is 13.4. The summed E-state index contributed by atoms with van der Waals surface area (Å²) in [5, 5.41) is 1.26. The number of benzene rings is 2. The molecule has 1 aromatic heterocycles. The molecular weight excluding hydrogens is 569 g/mol. The van der Waals surface area contributed by atoms with Crippen LogP contribution in [0.15, 0.2) is 54.7 Å². The first kappa shape index (κ1) is 28.1. The van der Waals surface area contributed by atoms with Crippen molar-refractivity contribution in [3.05, 3.63) is 65.9 Å². The van der Waals surface area contributed by atoms with Gasteiger partial charge in [-0.2, -0.15) is 0 Å². The lowest BCUT2D eigenvalue weighted by molar-refractivity contribution is -0.130. The van der Waals surface area contributed by atoms with Gasteiger partial charge < -0.3 is 17.3 Å². The number of nitrogens with zero attached hydrogens (tertiary/aromatic N) is 3. The molecule has 3 rings (SSSR count). The summed E-state index contributed by atoms with van der Waals surface area (Å²) < 4.78 is 12.9. The summed E-state index contributed by atoms with van der Waals surface area (Å²) in [7, 11) is 2.08. The van der Waals surface area contributed by atoms with Crippen molar-refractivity contribution in [1.82, 2.24) is 9.47 Å². The predicted octanol–water partition coefficient (Wildman–Crippen LogP) is 5.28. The van der Waals surface area contributed by atoms with Gasteiger partial charge in [-0.05, 0) is 67.1 Å². The van der Waals surface area contributed by atoms with Gasteiger partial charge in [0.1, 0.15) is 0 Å². The van der Waals surface area contributed by atoms with Crippen LogP contribution in [0.25, 0.3) is 10.9 Å². The molecule has 0 bridgehead atoms. The average Bonchev–Trinajstić information content (AvgIpc) is 3.26. The van der Waals surface area contributed by atoms with E-state index in [0.29, 0.717) is 13.2 Å². The highest BCUT2D eigenvalue weighted by Crippen LogP contribution is 2.20. The van der Waals surface area contributed by atoms with Crippen LogP contribution in [0.3, 0.4) is 0 Å². The van der Waals surface area contributed by atoms with Gasteiger partial charge in [-0.3, -0.25) is 14.5 Å². The van der Waals surface area contributed by atoms with Crippen LogP contribution in [0.2, 0.25) is 0 Å². The highest BCUT2D eigenvalue weighted by atomic mass is 127. The van der Waals surface area contributed by atoms with Gasteiger partial charge in [-0.1, -0.05) is 31.2 Å². The number of amides is 1. The summed E-state index contributed by atoms with van der Waals surface area (Å²) in [4.78, 5) is 27.6. The molecule has 0 radical (unpaired) electrons. The minimum atomic E-state index is -0.299. The van der Waals surface area contributed by atoms with E-state index in [0.717, 1.165) is 50.1 Å². The van der Waals surface area contributed by atoms with Gasteiger partial charge in [-0.25, -0.2) is 0 Å². The third kappa shape index (κ3) is 8.04. The standard InChI is InChI=1S/C28H36IN3O4/c1-4-14-31(19-23-6-9-24-12-15-30(3)27(24)17-23)16-13-26(35-5-2)20-32(21-33)25-10-7-22(8-11-25)18-28(34)36-29/h6-12,15,17,21,26H,4-5,13-14,16,18-20H2,1-3H3. The zero-order valence-electron chi connectivity index (χ0n) is 21.4. The Labute approximate surface area is 228 Å². The number of aryl methyl sites for hydroxylation is 1. The van der Waals surface area contributed by atoms with Crippen molar-refractivity contribution in [1.29, 1.82) is 0 Å². The summed E-state index contributed by atoms with van der Waals surface area (Å²) in [5.41, 5.74) is 4.17. The number of anilines is 1. The lowest BCUT2D eigenvalue weighted by atomic mass is 10.1. The Hall–Kier alpha value is -2.43. The Morgan fingerprint density at radius 1 is 1.08 bits per heavy atom. The lowest BCUT2D eigenvalue weighted by Crippen LogP contribution is -2.36. The van der Waals surface area contributed by atoms with Crippen molar-refractivity contribution in [2.24, 2.45) is 7.05 Å². The molecule has 0 aliphatic rings. The fourth-order valence-electron chi connectivity index (χ4n) is 4.47. The van der Waals surface area contributed by atoms with E-state index in [1.165, 1.54) is 16.5 Å². The molecule has 1 unspecified atom stereocenters. The molecule has 0 aliphatic carbocycles. The molecular formula is C28H36IN3O4. The van der Waals surface area contributed by atoms with Gasteiger partial charge in [0.05, 0.1) is 19.1 Å². The molecule has 2 aromatic carbocycles. The number of hydrogen-bond acceptors (Lipinski definition) is 5. The van der Waals surface area contributed by atoms with E-state index in [2.05, 4.69) is 53.9 Å². The van der Waals surface area contributed by atoms with Crippen molar-refractivity contribution in [3.8, 4) is 0 Å². The summed E-state index contributed by atoms with van der Waals surface area (Å²) in [6, 6.07) is 16.2. The fourth-order valence-corrected chi connectivity index (χ4v) is 4.62. The quantitative estimate of drug-likeness (QED) is 0.174. The van der Waals surface area contributed by atoms with E-state index < -0.39 is 0 Å². The first-order chi connectivity index (χ1) is 17.5. The van der Waals surface area contributed by atoms with Crippen molar-refractivity contribution in [3.63, 3.8) is 0 Å². The van der Waals surface area contributed by atoms with Crippen LogP contribution in [-0.4, -0.2) is 54.2 Å². The van der Waals surface area contributed by atoms with E-state index in [1.807, 2.05) is 31.2 Å². The second-order valence-electron chi connectivity index (χ2n) is 9.01. The maximum Gasteiger partial charge on any atom is 0.319 e. The molecule has 1 atom stereocenters. The van der Waals surface area contributed by atoms with Crippen LogP contribution in [0, 0.1) is 0 Å². The Bertz CT molecular complexity index is 1120. The largest absolute Gasteiger partial charge is 0.394 e. The van der Waals surface area contributed by atoms with E-state index in [-0.39, 0.29) is 18.5 Å². The van der Waals surface area contributed by atoms with Crippen molar-refractivity contribution < 1.29 is 17.4 Å². The van der Waals surface area contributed by atoms with E-state index in [1.54, 1.807) is 27.9 Å². The molecule has 8 heteroatoms. The molecule has 0 N–H and O–H groups in total. The van der Waals surface area contributed by atoms with Crippen molar-refractivity contribution >= 4 is 52.0 Å². The van der Waals surface area contributed by atoms with Gasteiger partial charge in [0, 0.05) is 44.1 Å². The van der Waals surface area contributed by atoms with Gasteiger partial charge in [-0.15, -0.1) is 0 Å². The minimum absolute atomic E-state index is 0.0800. The van der Waals surface area contributed by atoms with Crippen LogP contribution in [-0.2, 0) is 37.4 Å². The summed E-state index contributed by atoms with van der Waals surface area (Å²) >= 11 is 1.59. The highest BCUT2D eigenvalue weighted by molar-refractivity contribution is 14.1. The molecule has 7 nitrogen and oxygen atoms in total. The maximum atomic E-state index is 11.9. The van der Waals surface area contributed by atoms with Gasteiger partial charge in [0.25, 0.3) is 0 Å². The average molecular weight is 606 g/mol. The molecule has 0 aliphatic heterocycles. The summed E-state index contributed by atoms with van der Waals surface area (Å²) in [5.74, 6) is -0.299. The van der Waals surface area contributed by atoms with E-state index in [9.17, 15) is 9.59 Å². The Balaban J connectivity index is 1.62. The van der Waals surface area contributed by atoms with Crippen LogP contribution < -0.4 is 4.90 Å². The molecule has 36 heavy (non-hydrogen) atoms. The molecule has 3 aromatic rings. The zero-order chi connectivity index (χ0) is 25.9. The van der Waals surface area contributed by atoms with E-state index in [4.69, 9.17) is 7.80 Å². The molecule has 0 spiro atoms. The van der Waals surface area contributed by atoms with E-state index >= 15 is 0 Å². The molecule has 194 valence electrons. The Morgan fingerprint density at radius 2 is 1.83 bits per heavy atom. The number of hydrogen-bond donors (Lipinski definition) is 0. The third-order valence-electron chi connectivity index (χ3n) is 6.30. The topological polar surface area (TPSA) is 64.0 Å². The number of fused-ring (bicyclic) bond motifs is 1. The number of carbonyl (C=O) groups excluding carboxylic acids is 2. The second kappa shape index (κ2) is 14.3. The fraction of sp³-hybridized carbons (Fsp3) is 0.429. The van der Waals surface area contributed by atoms with Gasteiger partial charge >= 0.3 is 5.97 Å². The smallest absolute Gasteiger partial charge is 0.319 e. The van der Waals surface area contributed by atoms with Crippen LogP contribution in [0.5, 0.6) is 0 Å². The SMILES string of the molecule is CCCN(CCC(CN(C=O)c1ccc(CC(=O)OI)cc1)OCC)Cc1ccc2ccn(C)c2c1. The predicted molar refractivity (Wildman–Crippen MR) is 152 cm³/mol. The molecule has 1 heterocycles. The van der Waals surface area contributed by atoms with Crippen LogP contribution >= 0.6 is 23.0 Å². The number of carbonyl (C=O) groups is 2. The minimum Gasteiger partial charge on any atom is -0.394 e. The number of aromatic nitrogens is 1. The maximum absolute atomic E-state index is 11.9. The van der Waals surface area contributed by atoms with Crippen molar-refractivity contribution in [2.75, 3.05) is 31.1 Å². The Kier molecular flexibility index (Phi) is 11.2. The molecule has 0 saturated heterocycles. The molecule has 0 fully saturated rings.